The number of aromatic nitrogens is 2. The molecule has 0 amide bonds. The van der Waals surface area contributed by atoms with Crippen molar-refractivity contribution in [3.05, 3.63) is 15.8 Å². The number of nitrogens with two attached hydrogens (primary N) is 1. The Labute approximate surface area is 100 Å². The van der Waals surface area contributed by atoms with Gasteiger partial charge in [-0.2, -0.15) is 4.98 Å². The van der Waals surface area contributed by atoms with Crippen LogP contribution in [0.5, 0.6) is 0 Å². The Kier molecular flexibility index (Phi) is 4.32. The molecule has 94 valence electrons. The van der Waals surface area contributed by atoms with Gasteiger partial charge in [-0.15, -0.1) is 0 Å². The van der Waals surface area contributed by atoms with Gasteiger partial charge >= 0.3 is 5.69 Å². The number of aryl methyl sites for hydroxylation is 1. The highest BCUT2D eigenvalue weighted by Gasteiger charge is 2.20. The summed E-state index contributed by atoms with van der Waals surface area (Å²) in [5.74, 6) is 0.402. The molecule has 0 aromatic carbocycles. The third kappa shape index (κ3) is 3.63. The SMILES string of the molecule is Cc1nc(N)nc(NCCS(C)=O)c1[N+](=O)[O-]. The molecular formula is C8H13N5O3S. The maximum Gasteiger partial charge on any atom is 0.332 e. The average molecular weight is 259 g/mol. The van der Waals surface area contributed by atoms with Gasteiger partial charge in [-0.25, -0.2) is 4.98 Å². The molecule has 1 unspecified atom stereocenters. The molecule has 0 bridgehead atoms. The topological polar surface area (TPSA) is 124 Å². The van der Waals surface area contributed by atoms with Crippen molar-refractivity contribution in [1.29, 1.82) is 0 Å². The van der Waals surface area contributed by atoms with E-state index in [9.17, 15) is 14.3 Å². The molecule has 1 heterocycles. The van der Waals surface area contributed by atoms with Crippen LogP contribution in [0.4, 0.5) is 17.5 Å². The zero-order valence-electron chi connectivity index (χ0n) is 9.47. The van der Waals surface area contributed by atoms with Crippen molar-refractivity contribution in [2.45, 2.75) is 6.92 Å². The first-order valence-corrected chi connectivity index (χ1v) is 6.47. The second-order valence-corrected chi connectivity index (χ2v) is 4.88. The minimum absolute atomic E-state index is 0.0341. The van der Waals surface area contributed by atoms with Crippen molar-refractivity contribution in [2.75, 3.05) is 29.6 Å². The number of rotatable bonds is 5. The summed E-state index contributed by atoms with van der Waals surface area (Å²) in [6, 6.07) is 0. The van der Waals surface area contributed by atoms with Crippen LogP contribution in [0.2, 0.25) is 0 Å². The van der Waals surface area contributed by atoms with E-state index in [4.69, 9.17) is 5.73 Å². The summed E-state index contributed by atoms with van der Waals surface area (Å²) < 4.78 is 10.9. The summed E-state index contributed by atoms with van der Waals surface area (Å²) in [6.45, 7) is 1.80. The van der Waals surface area contributed by atoms with Crippen molar-refractivity contribution >= 4 is 28.3 Å². The van der Waals surface area contributed by atoms with E-state index in [0.29, 0.717) is 12.3 Å². The molecular weight excluding hydrogens is 246 g/mol. The van der Waals surface area contributed by atoms with Gasteiger partial charge in [0.25, 0.3) is 0 Å². The zero-order chi connectivity index (χ0) is 13.0. The monoisotopic (exact) mass is 259 g/mol. The second-order valence-electron chi connectivity index (χ2n) is 3.33. The number of nitro groups is 1. The molecule has 9 heteroatoms. The summed E-state index contributed by atoms with van der Waals surface area (Å²) in [7, 11) is -0.974. The fourth-order valence-corrected chi connectivity index (χ4v) is 1.63. The Bertz CT molecular complexity index is 465. The first-order chi connectivity index (χ1) is 7.91. The van der Waals surface area contributed by atoms with Crippen LogP contribution in [0.3, 0.4) is 0 Å². The lowest BCUT2D eigenvalue weighted by Crippen LogP contribution is -2.14. The number of anilines is 2. The van der Waals surface area contributed by atoms with Crippen molar-refractivity contribution in [3.63, 3.8) is 0 Å². The van der Waals surface area contributed by atoms with Crippen LogP contribution in [0, 0.1) is 17.0 Å². The molecule has 1 rings (SSSR count). The van der Waals surface area contributed by atoms with Gasteiger partial charge in [0.05, 0.1) is 4.92 Å². The van der Waals surface area contributed by atoms with Gasteiger partial charge in [0.15, 0.2) is 0 Å². The van der Waals surface area contributed by atoms with E-state index in [2.05, 4.69) is 15.3 Å². The van der Waals surface area contributed by atoms with Crippen LogP contribution in [-0.2, 0) is 10.8 Å². The van der Waals surface area contributed by atoms with Gasteiger partial charge in [-0.3, -0.25) is 14.3 Å². The van der Waals surface area contributed by atoms with Crippen LogP contribution in [0.25, 0.3) is 0 Å². The van der Waals surface area contributed by atoms with Crippen LogP contribution in [-0.4, -0.2) is 37.7 Å². The summed E-state index contributed by atoms with van der Waals surface area (Å²) in [6.07, 6.45) is 1.55. The lowest BCUT2D eigenvalue weighted by atomic mass is 10.3. The number of nitrogens with zero attached hydrogens (tertiary/aromatic N) is 3. The molecule has 1 aromatic rings. The largest absolute Gasteiger partial charge is 0.368 e. The minimum atomic E-state index is -0.974. The maximum atomic E-state index is 10.9. The minimum Gasteiger partial charge on any atom is -0.368 e. The van der Waals surface area contributed by atoms with E-state index >= 15 is 0 Å². The van der Waals surface area contributed by atoms with Crippen molar-refractivity contribution in [3.8, 4) is 0 Å². The zero-order valence-corrected chi connectivity index (χ0v) is 10.3. The molecule has 1 atom stereocenters. The number of hydrogen-bond acceptors (Lipinski definition) is 7. The van der Waals surface area contributed by atoms with Gasteiger partial charge in [-0.1, -0.05) is 0 Å². The number of hydrogen-bond donors (Lipinski definition) is 2. The molecule has 0 saturated carbocycles. The van der Waals surface area contributed by atoms with E-state index in [1.54, 1.807) is 6.26 Å². The van der Waals surface area contributed by atoms with Gasteiger partial charge in [-0.05, 0) is 6.92 Å². The summed E-state index contributed by atoms with van der Waals surface area (Å²) in [5, 5.41) is 13.6. The van der Waals surface area contributed by atoms with E-state index in [0.717, 1.165) is 0 Å². The number of nitrogens with one attached hydrogen (secondary N) is 1. The molecule has 17 heavy (non-hydrogen) atoms. The maximum absolute atomic E-state index is 10.9. The molecule has 0 radical (unpaired) electrons. The third-order valence-corrected chi connectivity index (χ3v) is 2.72. The van der Waals surface area contributed by atoms with E-state index < -0.39 is 15.7 Å². The molecule has 0 spiro atoms. The highest BCUT2D eigenvalue weighted by molar-refractivity contribution is 7.84. The molecule has 8 nitrogen and oxygen atoms in total. The average Bonchev–Trinajstić information content (AvgIpc) is 2.14. The van der Waals surface area contributed by atoms with Crippen LogP contribution in [0.1, 0.15) is 5.69 Å². The molecule has 0 aliphatic carbocycles. The van der Waals surface area contributed by atoms with Gasteiger partial charge in [0.2, 0.25) is 11.8 Å². The fraction of sp³-hybridized carbons (Fsp3) is 0.500. The predicted molar refractivity (Wildman–Crippen MR) is 65.3 cm³/mol. The molecule has 0 aliphatic heterocycles. The predicted octanol–water partition coefficient (Wildman–Crippen LogP) is 0.0658. The van der Waals surface area contributed by atoms with Gasteiger partial charge < -0.3 is 11.1 Å². The molecule has 0 aliphatic rings. The summed E-state index contributed by atoms with van der Waals surface area (Å²) in [5.41, 5.74) is 5.40. The molecule has 0 saturated heterocycles. The number of nitrogen functional groups attached to an aromatic ring is 1. The molecule has 0 fully saturated rings. The van der Waals surface area contributed by atoms with Gasteiger partial charge in [0, 0.05) is 29.4 Å². The highest BCUT2D eigenvalue weighted by Crippen LogP contribution is 2.25. The van der Waals surface area contributed by atoms with Crippen molar-refractivity contribution in [1.82, 2.24) is 9.97 Å². The lowest BCUT2D eigenvalue weighted by Gasteiger charge is -2.07. The highest BCUT2D eigenvalue weighted by atomic mass is 32.2. The van der Waals surface area contributed by atoms with Crippen molar-refractivity contribution < 1.29 is 9.13 Å². The third-order valence-electron chi connectivity index (χ3n) is 1.94. The van der Waals surface area contributed by atoms with Gasteiger partial charge in [0.1, 0.15) is 5.69 Å². The quantitative estimate of drug-likeness (QED) is 0.566. The first kappa shape index (κ1) is 13.3. The van der Waals surface area contributed by atoms with Crippen LogP contribution >= 0.6 is 0 Å². The Morgan fingerprint density at radius 3 is 2.71 bits per heavy atom. The van der Waals surface area contributed by atoms with E-state index in [1.807, 2.05) is 0 Å². The summed E-state index contributed by atoms with van der Waals surface area (Å²) in [4.78, 5) is 17.8. The fourth-order valence-electron chi connectivity index (χ4n) is 1.24. The Morgan fingerprint density at radius 2 is 2.18 bits per heavy atom. The van der Waals surface area contributed by atoms with Crippen LogP contribution in [0.15, 0.2) is 0 Å². The summed E-state index contributed by atoms with van der Waals surface area (Å²) >= 11 is 0. The van der Waals surface area contributed by atoms with E-state index in [-0.39, 0.29) is 23.1 Å². The molecule has 3 N–H and O–H groups in total. The van der Waals surface area contributed by atoms with Crippen molar-refractivity contribution in [2.24, 2.45) is 0 Å². The lowest BCUT2D eigenvalue weighted by molar-refractivity contribution is -0.385. The Morgan fingerprint density at radius 1 is 1.53 bits per heavy atom. The Balaban J connectivity index is 2.96. The Hall–Kier alpha value is -1.77. The first-order valence-electron chi connectivity index (χ1n) is 4.74. The standard InChI is InChI=1S/C8H13N5O3S/c1-5-6(13(14)15)7(12-8(9)11-5)10-3-4-17(2)16/h3-4H2,1-2H3,(H3,9,10,11,12). The second kappa shape index (κ2) is 5.53. The molecule has 1 aromatic heterocycles. The normalized spacial score (nSPS) is 12.1. The smallest absolute Gasteiger partial charge is 0.332 e. The van der Waals surface area contributed by atoms with Crippen LogP contribution < -0.4 is 11.1 Å². The van der Waals surface area contributed by atoms with E-state index in [1.165, 1.54) is 6.92 Å².